The number of oxazole rings is 1. The fourth-order valence-corrected chi connectivity index (χ4v) is 4.12. The van der Waals surface area contributed by atoms with E-state index in [-0.39, 0.29) is 12.1 Å². The Hall–Kier alpha value is -4.53. The zero-order chi connectivity index (χ0) is 25.9. The number of methoxy groups -OCH3 is 1. The first-order valence-electron chi connectivity index (χ1n) is 12.1. The van der Waals surface area contributed by atoms with Crippen molar-refractivity contribution in [3.63, 3.8) is 0 Å². The van der Waals surface area contributed by atoms with E-state index < -0.39 is 0 Å². The van der Waals surface area contributed by atoms with E-state index in [0.29, 0.717) is 53.3 Å². The Kier molecular flexibility index (Phi) is 6.68. The second kappa shape index (κ2) is 10.2. The molecule has 5 aromatic rings. The maximum absolute atomic E-state index is 13.3. The summed E-state index contributed by atoms with van der Waals surface area (Å²) in [6, 6.07) is 15.0. The van der Waals surface area contributed by atoms with Crippen molar-refractivity contribution in [2.45, 2.75) is 27.3 Å². The van der Waals surface area contributed by atoms with Crippen LogP contribution in [-0.2, 0) is 6.54 Å². The molecule has 0 aliphatic carbocycles. The number of ether oxygens (including phenoxy) is 3. The molecule has 0 aliphatic rings. The Morgan fingerprint density at radius 3 is 2.41 bits per heavy atom. The van der Waals surface area contributed by atoms with Crippen LogP contribution in [0, 0.1) is 6.92 Å². The molecule has 9 nitrogen and oxygen atoms in total. The molecule has 190 valence electrons. The zero-order valence-electron chi connectivity index (χ0n) is 21.2. The molecule has 0 saturated carbocycles. The molecule has 2 aromatic carbocycles. The highest BCUT2D eigenvalue weighted by Crippen LogP contribution is 2.33. The molecule has 0 amide bonds. The second-order valence-corrected chi connectivity index (χ2v) is 8.37. The summed E-state index contributed by atoms with van der Waals surface area (Å²) in [6.45, 7) is 7.11. The van der Waals surface area contributed by atoms with Crippen LogP contribution >= 0.6 is 0 Å². The highest BCUT2D eigenvalue weighted by atomic mass is 16.5. The van der Waals surface area contributed by atoms with Crippen LogP contribution in [0.15, 0.2) is 70.1 Å². The van der Waals surface area contributed by atoms with Crippen molar-refractivity contribution >= 4 is 5.52 Å². The van der Waals surface area contributed by atoms with Crippen LogP contribution < -0.4 is 19.8 Å². The summed E-state index contributed by atoms with van der Waals surface area (Å²) in [5.41, 5.74) is 3.35. The van der Waals surface area contributed by atoms with E-state index in [0.717, 1.165) is 16.9 Å². The summed E-state index contributed by atoms with van der Waals surface area (Å²) in [7, 11) is 1.59. The molecule has 0 fully saturated rings. The van der Waals surface area contributed by atoms with Gasteiger partial charge in [0.05, 0.1) is 32.6 Å². The molecule has 9 heteroatoms. The summed E-state index contributed by atoms with van der Waals surface area (Å²) in [4.78, 5) is 17.9. The van der Waals surface area contributed by atoms with Gasteiger partial charge < -0.3 is 23.2 Å². The highest BCUT2D eigenvalue weighted by Gasteiger charge is 2.16. The van der Waals surface area contributed by atoms with Crippen molar-refractivity contribution in [3.05, 3.63) is 82.7 Å². The lowest BCUT2D eigenvalue weighted by Gasteiger charge is -2.09. The number of aryl methyl sites for hydroxylation is 1. The van der Waals surface area contributed by atoms with E-state index in [2.05, 4.69) is 10.1 Å². The Bertz CT molecular complexity index is 1600. The third kappa shape index (κ3) is 4.80. The first-order valence-corrected chi connectivity index (χ1v) is 12.1. The van der Waals surface area contributed by atoms with Gasteiger partial charge in [-0.15, -0.1) is 0 Å². The molecule has 5 rings (SSSR count). The molecular weight excluding hydrogens is 472 g/mol. The van der Waals surface area contributed by atoms with Gasteiger partial charge in [0, 0.05) is 23.5 Å². The second-order valence-electron chi connectivity index (χ2n) is 8.37. The van der Waals surface area contributed by atoms with Crippen LogP contribution in [0.3, 0.4) is 0 Å². The first-order chi connectivity index (χ1) is 18.0. The molecular formula is C28H28N4O5. The van der Waals surface area contributed by atoms with E-state index in [1.165, 1.54) is 0 Å². The largest absolute Gasteiger partial charge is 0.494 e. The Morgan fingerprint density at radius 2 is 1.68 bits per heavy atom. The molecule has 0 unspecified atom stereocenters. The van der Waals surface area contributed by atoms with Crippen molar-refractivity contribution in [1.82, 2.24) is 19.2 Å². The van der Waals surface area contributed by atoms with Gasteiger partial charge in [-0.25, -0.2) is 9.50 Å². The quantitative estimate of drug-likeness (QED) is 0.282. The van der Waals surface area contributed by atoms with Gasteiger partial charge in [-0.1, -0.05) is 0 Å². The zero-order valence-corrected chi connectivity index (χ0v) is 21.2. The van der Waals surface area contributed by atoms with Crippen molar-refractivity contribution in [3.8, 4) is 40.0 Å². The lowest BCUT2D eigenvalue weighted by atomic mass is 10.1. The molecule has 3 aromatic heterocycles. The Morgan fingerprint density at radius 1 is 0.919 bits per heavy atom. The van der Waals surface area contributed by atoms with Gasteiger partial charge in [-0.2, -0.15) is 5.10 Å². The molecule has 0 bridgehead atoms. The predicted octanol–water partition coefficient (Wildman–Crippen LogP) is 4.98. The third-order valence-electron chi connectivity index (χ3n) is 5.99. The molecule has 0 N–H and O–H groups in total. The normalized spacial score (nSPS) is 11.1. The minimum absolute atomic E-state index is 0.168. The monoisotopic (exact) mass is 500 g/mol. The average molecular weight is 501 g/mol. The van der Waals surface area contributed by atoms with Crippen LogP contribution in [0.1, 0.15) is 25.3 Å². The summed E-state index contributed by atoms with van der Waals surface area (Å²) in [5.74, 6) is 3.14. The average Bonchev–Trinajstić information content (AvgIpc) is 3.51. The van der Waals surface area contributed by atoms with Crippen molar-refractivity contribution in [2.75, 3.05) is 20.3 Å². The molecule has 0 spiro atoms. The van der Waals surface area contributed by atoms with Gasteiger partial charge in [-0.3, -0.25) is 4.79 Å². The van der Waals surface area contributed by atoms with Crippen LogP contribution in [0.2, 0.25) is 0 Å². The number of hydrogen-bond donors (Lipinski definition) is 0. The maximum atomic E-state index is 13.3. The molecule has 37 heavy (non-hydrogen) atoms. The number of benzene rings is 2. The maximum Gasteiger partial charge on any atom is 0.276 e. The molecule has 0 atom stereocenters. The van der Waals surface area contributed by atoms with Crippen LogP contribution in [0.25, 0.3) is 28.2 Å². The van der Waals surface area contributed by atoms with Crippen LogP contribution in [0.4, 0.5) is 0 Å². The van der Waals surface area contributed by atoms with Crippen molar-refractivity contribution in [2.24, 2.45) is 0 Å². The number of nitrogens with zero attached hydrogens (tertiary/aromatic N) is 4. The fourth-order valence-electron chi connectivity index (χ4n) is 4.12. The summed E-state index contributed by atoms with van der Waals surface area (Å²) < 4.78 is 25.7. The summed E-state index contributed by atoms with van der Waals surface area (Å²) in [6.07, 6.45) is 3.47. The van der Waals surface area contributed by atoms with E-state index in [9.17, 15) is 4.79 Å². The number of rotatable bonds is 9. The molecule has 0 aliphatic heterocycles. The Balaban J connectivity index is 1.42. The number of hydrogen-bond acceptors (Lipinski definition) is 7. The number of fused-ring (bicyclic) bond motifs is 1. The minimum atomic E-state index is -0.168. The molecule has 0 saturated heterocycles. The molecule has 0 radical (unpaired) electrons. The predicted molar refractivity (Wildman–Crippen MR) is 140 cm³/mol. The summed E-state index contributed by atoms with van der Waals surface area (Å²) in [5, 5.41) is 4.57. The van der Waals surface area contributed by atoms with E-state index in [1.807, 2.05) is 63.2 Å². The SMILES string of the molecule is CCOc1ccc(-c2cc3c(=O)n(Cc4nc(-c5ccc(OCC)c(OC)c5)oc4C)ccn3n2)cc1. The number of aromatic nitrogens is 4. The van der Waals surface area contributed by atoms with Gasteiger partial charge in [0.1, 0.15) is 22.7 Å². The van der Waals surface area contributed by atoms with Crippen LogP contribution in [-0.4, -0.2) is 39.5 Å². The smallest absolute Gasteiger partial charge is 0.276 e. The Labute approximate surface area is 213 Å². The topological polar surface area (TPSA) is 93.0 Å². The van der Waals surface area contributed by atoms with Gasteiger partial charge in [0.25, 0.3) is 5.56 Å². The highest BCUT2D eigenvalue weighted by molar-refractivity contribution is 5.66. The summed E-state index contributed by atoms with van der Waals surface area (Å²) >= 11 is 0. The van der Waals surface area contributed by atoms with Gasteiger partial charge in [0.2, 0.25) is 5.89 Å². The third-order valence-corrected chi connectivity index (χ3v) is 5.99. The standard InChI is InChI=1S/C28H28N4O5/c1-5-35-21-10-7-19(8-11-21)22-16-24-28(33)31(13-14-32(24)30-22)17-23-18(3)37-27(29-23)20-9-12-25(36-6-2)26(15-20)34-4/h7-16H,5-6,17H2,1-4H3. The first kappa shape index (κ1) is 24.2. The fraction of sp³-hybridized carbons (Fsp3) is 0.250. The van der Waals surface area contributed by atoms with Gasteiger partial charge >= 0.3 is 0 Å². The lowest BCUT2D eigenvalue weighted by molar-refractivity contribution is 0.311. The van der Waals surface area contributed by atoms with Gasteiger partial charge in [-0.05, 0) is 69.3 Å². The van der Waals surface area contributed by atoms with Crippen molar-refractivity contribution in [1.29, 1.82) is 0 Å². The van der Waals surface area contributed by atoms with Crippen LogP contribution in [0.5, 0.6) is 17.2 Å². The van der Waals surface area contributed by atoms with E-state index in [1.54, 1.807) is 34.7 Å². The van der Waals surface area contributed by atoms with E-state index >= 15 is 0 Å². The van der Waals surface area contributed by atoms with Gasteiger partial charge in [0.15, 0.2) is 11.5 Å². The lowest BCUT2D eigenvalue weighted by Crippen LogP contribution is -2.22. The molecule has 3 heterocycles. The van der Waals surface area contributed by atoms with Crippen molar-refractivity contribution < 1.29 is 18.6 Å². The minimum Gasteiger partial charge on any atom is -0.494 e. The van der Waals surface area contributed by atoms with E-state index in [4.69, 9.17) is 18.6 Å².